The monoisotopic (exact) mass is 277 g/mol. The first kappa shape index (κ1) is 13.0. The molecule has 88 valence electrons. The maximum atomic E-state index is 11.7. The third-order valence-corrected chi connectivity index (χ3v) is 3.49. The lowest BCUT2D eigenvalue weighted by molar-refractivity contribution is -0.134. The first-order valence-electron chi connectivity index (χ1n) is 5.61. The van der Waals surface area contributed by atoms with Gasteiger partial charge in [0.1, 0.15) is 0 Å². The zero-order chi connectivity index (χ0) is 11.4. The van der Waals surface area contributed by atoms with Gasteiger partial charge in [0.05, 0.1) is 10.9 Å². The van der Waals surface area contributed by atoms with Crippen LogP contribution < -0.4 is 0 Å². The van der Waals surface area contributed by atoms with Crippen molar-refractivity contribution in [3.63, 3.8) is 0 Å². The number of aliphatic hydroxyl groups is 1. The van der Waals surface area contributed by atoms with E-state index in [0.29, 0.717) is 12.5 Å². The molecule has 0 radical (unpaired) electrons. The molecule has 3 nitrogen and oxygen atoms in total. The van der Waals surface area contributed by atoms with E-state index >= 15 is 0 Å². The fourth-order valence-corrected chi connectivity index (χ4v) is 2.56. The van der Waals surface area contributed by atoms with E-state index in [2.05, 4.69) is 29.8 Å². The van der Waals surface area contributed by atoms with Crippen LogP contribution in [0.2, 0.25) is 0 Å². The van der Waals surface area contributed by atoms with Crippen molar-refractivity contribution >= 4 is 21.8 Å². The molecule has 1 heterocycles. The number of alkyl halides is 1. The topological polar surface area (TPSA) is 40.5 Å². The Bertz CT molecular complexity index is 221. The molecule has 0 saturated carbocycles. The van der Waals surface area contributed by atoms with Gasteiger partial charge in [0, 0.05) is 13.1 Å². The van der Waals surface area contributed by atoms with Gasteiger partial charge in [-0.05, 0) is 25.2 Å². The van der Waals surface area contributed by atoms with Gasteiger partial charge in [0.25, 0.3) is 0 Å². The van der Waals surface area contributed by atoms with Crippen molar-refractivity contribution in [3.05, 3.63) is 0 Å². The number of amides is 1. The number of halogens is 1. The Balaban J connectivity index is 2.39. The molecule has 0 spiro atoms. The molecule has 1 aliphatic rings. The summed E-state index contributed by atoms with van der Waals surface area (Å²) in [6, 6.07) is 0. The summed E-state index contributed by atoms with van der Waals surface area (Å²) in [5.74, 6) is 0.601. The number of aliphatic hydroxyl groups excluding tert-OH is 1. The van der Waals surface area contributed by atoms with Gasteiger partial charge in [0.15, 0.2) is 0 Å². The van der Waals surface area contributed by atoms with E-state index < -0.39 is 0 Å². The summed E-state index contributed by atoms with van der Waals surface area (Å²) in [6.07, 6.45) is 2.31. The molecule has 0 aliphatic carbocycles. The highest BCUT2D eigenvalue weighted by atomic mass is 79.9. The number of β-amino-alcohol motifs (C(OH)–C–C–N with tert-alkyl or cyclic N) is 1. The Hall–Kier alpha value is -0.0900. The zero-order valence-electron chi connectivity index (χ0n) is 9.45. The van der Waals surface area contributed by atoms with Gasteiger partial charge < -0.3 is 10.0 Å². The summed E-state index contributed by atoms with van der Waals surface area (Å²) >= 11 is 3.36. The van der Waals surface area contributed by atoms with Crippen LogP contribution in [0.4, 0.5) is 0 Å². The van der Waals surface area contributed by atoms with E-state index in [1.807, 2.05) is 0 Å². The molecule has 4 heteroatoms. The second-order valence-corrected chi connectivity index (χ2v) is 5.78. The zero-order valence-corrected chi connectivity index (χ0v) is 11.0. The summed E-state index contributed by atoms with van der Waals surface area (Å²) in [4.78, 5) is 13.4. The fourth-order valence-electron chi connectivity index (χ4n) is 1.95. The van der Waals surface area contributed by atoms with E-state index in [1.165, 1.54) is 0 Å². The molecule has 1 saturated heterocycles. The summed E-state index contributed by atoms with van der Waals surface area (Å²) in [6.45, 7) is 5.43. The minimum Gasteiger partial charge on any atom is -0.391 e. The molecule has 1 amide bonds. The number of piperidine rings is 1. The van der Waals surface area contributed by atoms with Crippen LogP contribution in [0, 0.1) is 5.92 Å². The highest BCUT2D eigenvalue weighted by Crippen LogP contribution is 2.19. The van der Waals surface area contributed by atoms with E-state index in [4.69, 9.17) is 0 Å². The van der Waals surface area contributed by atoms with Crippen molar-refractivity contribution < 1.29 is 9.90 Å². The third kappa shape index (κ3) is 4.11. The molecule has 1 fully saturated rings. The van der Waals surface area contributed by atoms with Crippen LogP contribution in [0.3, 0.4) is 0 Å². The third-order valence-electron chi connectivity index (χ3n) is 2.64. The van der Waals surface area contributed by atoms with Gasteiger partial charge in [-0.25, -0.2) is 0 Å². The Morgan fingerprint density at radius 1 is 1.60 bits per heavy atom. The molecule has 1 N–H and O–H groups in total. The second kappa shape index (κ2) is 5.85. The minimum absolute atomic E-state index is 0.0440. The van der Waals surface area contributed by atoms with Crippen LogP contribution in [-0.2, 0) is 4.79 Å². The maximum absolute atomic E-state index is 11.7. The number of hydrogen-bond acceptors (Lipinski definition) is 2. The number of hydrogen-bond donors (Lipinski definition) is 1. The highest BCUT2D eigenvalue weighted by Gasteiger charge is 2.27. The van der Waals surface area contributed by atoms with Crippen molar-refractivity contribution in [2.45, 2.75) is 44.0 Å². The average Bonchev–Trinajstić information content (AvgIpc) is 2.11. The fraction of sp³-hybridized carbons (Fsp3) is 0.909. The predicted molar refractivity (Wildman–Crippen MR) is 64.0 cm³/mol. The smallest absolute Gasteiger partial charge is 0.236 e. The van der Waals surface area contributed by atoms with Gasteiger partial charge >= 0.3 is 0 Å². The van der Waals surface area contributed by atoms with Crippen molar-refractivity contribution in [2.75, 3.05) is 13.1 Å². The minimum atomic E-state index is -0.383. The lowest BCUT2D eigenvalue weighted by Crippen LogP contribution is -2.45. The molecule has 15 heavy (non-hydrogen) atoms. The van der Waals surface area contributed by atoms with E-state index in [9.17, 15) is 9.90 Å². The Labute approximate surface area is 100.0 Å². The van der Waals surface area contributed by atoms with E-state index in [-0.39, 0.29) is 16.8 Å². The molecule has 2 atom stereocenters. The molecular formula is C11H20BrNO2. The maximum Gasteiger partial charge on any atom is 0.236 e. The first-order valence-corrected chi connectivity index (χ1v) is 6.53. The van der Waals surface area contributed by atoms with Gasteiger partial charge in [-0.15, -0.1) is 0 Å². The SMILES string of the molecule is CC(C)CC(O)CN1CCCC(Br)C1=O. The lowest BCUT2D eigenvalue weighted by Gasteiger charge is -2.31. The van der Waals surface area contributed by atoms with Gasteiger partial charge in [-0.3, -0.25) is 4.79 Å². The summed E-state index contributed by atoms with van der Waals surface area (Å²) in [5, 5.41) is 9.77. The molecule has 1 rings (SSSR count). The number of carbonyl (C=O) groups is 1. The number of likely N-dealkylation sites (tertiary alicyclic amines) is 1. The lowest BCUT2D eigenvalue weighted by atomic mass is 10.0. The van der Waals surface area contributed by atoms with Crippen LogP contribution in [-0.4, -0.2) is 39.9 Å². The molecule has 0 aromatic heterocycles. The summed E-state index contributed by atoms with van der Waals surface area (Å²) in [7, 11) is 0. The van der Waals surface area contributed by atoms with Crippen LogP contribution >= 0.6 is 15.9 Å². The van der Waals surface area contributed by atoms with Crippen LogP contribution in [0.5, 0.6) is 0 Å². The standard InChI is InChI=1S/C11H20BrNO2/c1-8(2)6-9(14)7-13-5-3-4-10(12)11(13)15/h8-10,14H,3-7H2,1-2H3. The van der Waals surface area contributed by atoms with Crippen molar-refractivity contribution in [2.24, 2.45) is 5.92 Å². The Morgan fingerprint density at radius 2 is 2.27 bits per heavy atom. The number of nitrogens with zero attached hydrogens (tertiary/aromatic N) is 1. The number of carbonyl (C=O) groups excluding carboxylic acids is 1. The molecule has 0 aromatic carbocycles. The summed E-state index contributed by atoms with van der Waals surface area (Å²) < 4.78 is 0. The highest BCUT2D eigenvalue weighted by molar-refractivity contribution is 9.10. The molecular weight excluding hydrogens is 258 g/mol. The quantitative estimate of drug-likeness (QED) is 0.796. The molecule has 0 aromatic rings. The second-order valence-electron chi connectivity index (χ2n) is 4.68. The molecule has 2 unspecified atom stereocenters. The summed E-state index contributed by atoms with van der Waals surface area (Å²) in [5.41, 5.74) is 0. The van der Waals surface area contributed by atoms with Gasteiger partial charge in [0.2, 0.25) is 5.91 Å². The first-order chi connectivity index (χ1) is 7.00. The van der Waals surface area contributed by atoms with Crippen molar-refractivity contribution in [1.82, 2.24) is 4.90 Å². The Kier molecular flexibility index (Phi) is 5.06. The largest absolute Gasteiger partial charge is 0.391 e. The van der Waals surface area contributed by atoms with Crippen LogP contribution in [0.1, 0.15) is 33.1 Å². The van der Waals surface area contributed by atoms with Crippen molar-refractivity contribution in [1.29, 1.82) is 0 Å². The predicted octanol–water partition coefficient (Wildman–Crippen LogP) is 1.78. The normalized spacial score (nSPS) is 24.7. The Morgan fingerprint density at radius 3 is 2.87 bits per heavy atom. The van der Waals surface area contributed by atoms with Crippen molar-refractivity contribution in [3.8, 4) is 0 Å². The number of rotatable bonds is 4. The van der Waals surface area contributed by atoms with Crippen LogP contribution in [0.25, 0.3) is 0 Å². The average molecular weight is 278 g/mol. The van der Waals surface area contributed by atoms with E-state index in [1.54, 1.807) is 4.90 Å². The molecule has 0 bridgehead atoms. The van der Waals surface area contributed by atoms with Crippen LogP contribution in [0.15, 0.2) is 0 Å². The van der Waals surface area contributed by atoms with Gasteiger partial charge in [-0.1, -0.05) is 29.8 Å². The van der Waals surface area contributed by atoms with E-state index in [0.717, 1.165) is 25.8 Å². The molecule has 1 aliphatic heterocycles. The van der Waals surface area contributed by atoms with Gasteiger partial charge in [-0.2, -0.15) is 0 Å².